The van der Waals surface area contributed by atoms with Crippen LogP contribution in [-0.2, 0) is 46.4 Å². The maximum atomic E-state index is 14.3. The van der Waals surface area contributed by atoms with E-state index in [4.69, 9.17) is 19.9 Å². The fourth-order valence-electron chi connectivity index (χ4n) is 4.93. The van der Waals surface area contributed by atoms with Crippen molar-refractivity contribution in [2.75, 3.05) is 13.2 Å². The third-order valence-electron chi connectivity index (χ3n) is 6.84. The molecule has 1 fully saturated rings. The van der Waals surface area contributed by atoms with Gasteiger partial charge in [-0.15, -0.1) is 0 Å². The average molecular weight is 536 g/mol. The van der Waals surface area contributed by atoms with Gasteiger partial charge in [-0.1, -0.05) is 48.5 Å². The molecule has 1 aromatic heterocycles. The zero-order valence-corrected chi connectivity index (χ0v) is 22.1. The van der Waals surface area contributed by atoms with Crippen LogP contribution in [0.3, 0.4) is 0 Å². The van der Waals surface area contributed by atoms with Crippen molar-refractivity contribution in [2.24, 2.45) is 5.73 Å². The number of H-pyrrole nitrogens is 1. The summed E-state index contributed by atoms with van der Waals surface area (Å²) in [5, 5.41) is 0.779. The molecule has 0 radical (unpaired) electrons. The summed E-state index contributed by atoms with van der Waals surface area (Å²) in [5.41, 5.74) is 6.57. The Hall–Kier alpha value is -4.18. The van der Waals surface area contributed by atoms with Crippen LogP contribution in [0.2, 0.25) is 0 Å². The third kappa shape index (κ3) is 5.80. The molecule has 3 aromatic rings. The van der Waals surface area contributed by atoms with Crippen molar-refractivity contribution in [3.63, 3.8) is 0 Å². The molecule has 2 heterocycles. The Kier molecular flexibility index (Phi) is 8.65. The van der Waals surface area contributed by atoms with Gasteiger partial charge < -0.3 is 29.8 Å². The van der Waals surface area contributed by atoms with Gasteiger partial charge in [0.15, 0.2) is 5.54 Å². The van der Waals surface area contributed by atoms with Gasteiger partial charge in [0.05, 0.1) is 13.2 Å². The Bertz CT molecular complexity index is 1310. The number of hydrogen-bond acceptors (Lipinski definition) is 8. The Labute approximate surface area is 226 Å². The number of nitrogens with two attached hydrogens (primary N) is 1. The first-order valence-corrected chi connectivity index (χ1v) is 13.0. The summed E-state index contributed by atoms with van der Waals surface area (Å²) in [7, 11) is 0. The van der Waals surface area contributed by atoms with Crippen molar-refractivity contribution in [3.05, 3.63) is 71.9 Å². The Morgan fingerprint density at radius 3 is 2.10 bits per heavy atom. The molecule has 1 aliphatic rings. The molecule has 1 saturated heterocycles. The number of benzene rings is 2. The normalized spacial score (nSPS) is 18.4. The van der Waals surface area contributed by atoms with E-state index in [0.717, 1.165) is 15.8 Å². The molecule has 0 saturated carbocycles. The summed E-state index contributed by atoms with van der Waals surface area (Å²) in [6.45, 7) is 3.36. The van der Waals surface area contributed by atoms with Gasteiger partial charge in [-0.25, -0.2) is 14.4 Å². The van der Waals surface area contributed by atoms with Crippen LogP contribution < -0.4 is 5.73 Å². The number of para-hydroxylation sites is 1. The number of ether oxygens (including phenoxy) is 3. The average Bonchev–Trinajstić information content (AvgIpc) is 3.57. The van der Waals surface area contributed by atoms with Gasteiger partial charge in [0.25, 0.3) is 5.91 Å². The molecule has 1 aliphatic heterocycles. The number of nitrogens with one attached hydrogen (secondary N) is 1. The minimum absolute atomic E-state index is 0.0870. The second kappa shape index (κ2) is 12.1. The zero-order chi connectivity index (χ0) is 28.0. The van der Waals surface area contributed by atoms with Gasteiger partial charge in [-0.05, 0) is 43.9 Å². The van der Waals surface area contributed by atoms with E-state index in [1.54, 1.807) is 44.3 Å². The van der Waals surface area contributed by atoms with Crippen LogP contribution >= 0.6 is 0 Å². The first kappa shape index (κ1) is 27.8. The van der Waals surface area contributed by atoms with Gasteiger partial charge in [-0.2, -0.15) is 0 Å². The molecule has 0 aliphatic carbocycles. The SMILES string of the molecule is CCOC(=O)C1CCC(C(=O)OCC)N1C(=O)C(N)(Cc1c[nH]c2ccccc12)C(=O)OCc1ccccc1. The molecular formula is C29H33N3O7. The highest BCUT2D eigenvalue weighted by Crippen LogP contribution is 2.31. The molecule has 206 valence electrons. The Morgan fingerprint density at radius 1 is 0.897 bits per heavy atom. The first-order valence-electron chi connectivity index (χ1n) is 13.0. The van der Waals surface area contributed by atoms with E-state index < -0.39 is 41.4 Å². The van der Waals surface area contributed by atoms with Crippen LogP contribution in [0.1, 0.15) is 37.8 Å². The molecule has 3 N–H and O–H groups in total. The second-order valence-electron chi connectivity index (χ2n) is 9.39. The van der Waals surface area contributed by atoms with Crippen molar-refractivity contribution in [1.82, 2.24) is 9.88 Å². The molecule has 39 heavy (non-hydrogen) atoms. The zero-order valence-electron chi connectivity index (χ0n) is 22.1. The van der Waals surface area contributed by atoms with Gasteiger partial charge >= 0.3 is 17.9 Å². The highest BCUT2D eigenvalue weighted by molar-refractivity contribution is 6.10. The topological polar surface area (TPSA) is 141 Å². The van der Waals surface area contributed by atoms with Crippen molar-refractivity contribution >= 4 is 34.7 Å². The maximum absolute atomic E-state index is 14.3. The lowest BCUT2D eigenvalue weighted by molar-refractivity contribution is -0.168. The summed E-state index contributed by atoms with van der Waals surface area (Å²) in [4.78, 5) is 57.9. The summed E-state index contributed by atoms with van der Waals surface area (Å²) < 4.78 is 15.9. The van der Waals surface area contributed by atoms with Crippen molar-refractivity contribution < 1.29 is 33.4 Å². The predicted octanol–water partition coefficient (Wildman–Crippen LogP) is 2.64. The number of likely N-dealkylation sites (tertiary alicyclic amines) is 1. The Balaban J connectivity index is 1.73. The molecule has 3 atom stereocenters. The number of carbonyl (C=O) groups is 4. The van der Waals surface area contributed by atoms with Gasteiger partial charge in [0.2, 0.25) is 0 Å². The molecule has 1 amide bonds. The number of hydrogen-bond donors (Lipinski definition) is 2. The minimum Gasteiger partial charge on any atom is -0.464 e. The summed E-state index contributed by atoms with van der Waals surface area (Å²) in [6, 6.07) is 14.2. The van der Waals surface area contributed by atoms with E-state index in [9.17, 15) is 19.2 Å². The maximum Gasteiger partial charge on any atom is 0.336 e. The fraction of sp³-hybridized carbons (Fsp3) is 0.379. The number of amides is 1. The van der Waals surface area contributed by atoms with Crippen molar-refractivity contribution in [2.45, 2.75) is 57.3 Å². The standard InChI is InChI=1S/C29H33N3O7/c1-3-37-25(33)23-14-15-24(26(34)38-4-2)32(23)27(35)29(30,28(36)39-18-19-10-6-5-7-11-19)16-20-17-31-22-13-9-8-12-21(20)22/h5-13,17,23-24,31H,3-4,14-16,18,30H2,1-2H3. The second-order valence-corrected chi connectivity index (χ2v) is 9.39. The molecule has 4 rings (SSSR count). The van der Waals surface area contributed by atoms with Crippen LogP contribution in [0.5, 0.6) is 0 Å². The van der Waals surface area contributed by atoms with Gasteiger partial charge in [0.1, 0.15) is 18.7 Å². The summed E-state index contributed by atoms with van der Waals surface area (Å²) in [6.07, 6.45) is 1.78. The lowest BCUT2D eigenvalue weighted by atomic mass is 9.89. The van der Waals surface area contributed by atoms with E-state index in [0.29, 0.717) is 11.1 Å². The first-order chi connectivity index (χ1) is 18.8. The summed E-state index contributed by atoms with van der Waals surface area (Å²) >= 11 is 0. The number of aromatic nitrogens is 1. The quantitative estimate of drug-likeness (QED) is 0.229. The molecule has 3 unspecified atom stereocenters. The van der Waals surface area contributed by atoms with Crippen molar-refractivity contribution in [1.29, 1.82) is 0 Å². The lowest BCUT2D eigenvalue weighted by Crippen LogP contribution is -2.66. The van der Waals surface area contributed by atoms with E-state index >= 15 is 0 Å². The number of fused-ring (bicyclic) bond motifs is 1. The van der Waals surface area contributed by atoms with Crippen LogP contribution in [0.4, 0.5) is 0 Å². The minimum atomic E-state index is -2.25. The highest BCUT2D eigenvalue weighted by Gasteiger charge is 2.54. The monoisotopic (exact) mass is 535 g/mol. The molecule has 0 spiro atoms. The molecule has 10 heteroatoms. The van der Waals surface area contributed by atoms with Crippen LogP contribution in [-0.4, -0.2) is 64.5 Å². The predicted molar refractivity (Wildman–Crippen MR) is 142 cm³/mol. The smallest absolute Gasteiger partial charge is 0.336 e. The van der Waals surface area contributed by atoms with E-state index in [-0.39, 0.29) is 39.1 Å². The van der Waals surface area contributed by atoms with Crippen molar-refractivity contribution in [3.8, 4) is 0 Å². The van der Waals surface area contributed by atoms with Crippen LogP contribution in [0.25, 0.3) is 10.9 Å². The highest BCUT2D eigenvalue weighted by atomic mass is 16.5. The fourth-order valence-corrected chi connectivity index (χ4v) is 4.93. The number of nitrogens with zero attached hydrogens (tertiary/aromatic N) is 1. The number of rotatable bonds is 10. The van der Waals surface area contributed by atoms with Gasteiger partial charge in [-0.3, -0.25) is 4.79 Å². The number of esters is 3. The largest absolute Gasteiger partial charge is 0.464 e. The molecule has 0 bridgehead atoms. The molecular weight excluding hydrogens is 502 g/mol. The van der Waals surface area contributed by atoms with Crippen LogP contribution in [0, 0.1) is 0 Å². The van der Waals surface area contributed by atoms with E-state index in [1.807, 2.05) is 30.3 Å². The lowest BCUT2D eigenvalue weighted by Gasteiger charge is -2.35. The number of carbonyl (C=O) groups excluding carboxylic acids is 4. The number of aromatic amines is 1. The third-order valence-corrected chi connectivity index (χ3v) is 6.84. The van der Waals surface area contributed by atoms with Crippen LogP contribution in [0.15, 0.2) is 60.8 Å². The van der Waals surface area contributed by atoms with E-state index in [2.05, 4.69) is 4.98 Å². The van der Waals surface area contributed by atoms with E-state index in [1.165, 1.54) is 0 Å². The summed E-state index contributed by atoms with van der Waals surface area (Å²) in [5.74, 6) is -3.23. The van der Waals surface area contributed by atoms with Gasteiger partial charge in [0, 0.05) is 23.5 Å². The Morgan fingerprint density at radius 2 is 1.49 bits per heavy atom. The molecule has 10 nitrogen and oxygen atoms in total. The molecule has 2 aromatic carbocycles.